The fraction of sp³-hybridized carbons (Fsp3) is 0.267. The van der Waals surface area contributed by atoms with Crippen molar-refractivity contribution in [3.8, 4) is 0 Å². The molecule has 0 aromatic heterocycles. The molecule has 1 heterocycles. The summed E-state index contributed by atoms with van der Waals surface area (Å²) in [6.07, 6.45) is 1.75. The van der Waals surface area contributed by atoms with Crippen molar-refractivity contribution < 1.29 is 23.9 Å². The lowest BCUT2D eigenvalue weighted by atomic mass is 10.0. The molecule has 1 atom stereocenters. The molecule has 1 aliphatic rings. The van der Waals surface area contributed by atoms with Gasteiger partial charge in [-0.25, -0.2) is 4.79 Å². The Kier molecular flexibility index (Phi) is 8.13. The number of carbonyl (C=O) groups is 4. The van der Waals surface area contributed by atoms with Crippen LogP contribution in [-0.4, -0.2) is 36.7 Å². The predicted molar refractivity (Wildman–Crippen MR) is 142 cm³/mol. The maximum Gasteiger partial charge on any atom is 0.338 e. The second-order valence-electron chi connectivity index (χ2n) is 8.97. The summed E-state index contributed by atoms with van der Waals surface area (Å²) in [5.74, 6) is -1.69. The van der Waals surface area contributed by atoms with Gasteiger partial charge in [-0.15, -0.1) is 0 Å². The fourth-order valence-corrected chi connectivity index (χ4v) is 4.52. The largest absolute Gasteiger partial charge is 0.454 e. The van der Waals surface area contributed by atoms with Crippen molar-refractivity contribution in [2.75, 3.05) is 23.4 Å². The minimum atomic E-state index is -0.625. The Bertz CT molecular complexity index is 1280. The Morgan fingerprint density at radius 2 is 1.51 bits per heavy atom. The lowest BCUT2D eigenvalue weighted by Crippen LogP contribution is -2.29. The zero-order chi connectivity index (χ0) is 26.4. The van der Waals surface area contributed by atoms with Crippen LogP contribution in [0.1, 0.15) is 52.1 Å². The van der Waals surface area contributed by atoms with Crippen molar-refractivity contribution in [1.82, 2.24) is 0 Å². The van der Waals surface area contributed by atoms with Gasteiger partial charge in [-0.1, -0.05) is 62.4 Å². The number of anilines is 2. The van der Waals surface area contributed by atoms with Gasteiger partial charge in [-0.3, -0.25) is 14.4 Å². The van der Waals surface area contributed by atoms with Gasteiger partial charge in [0.1, 0.15) is 0 Å². The van der Waals surface area contributed by atoms with Crippen LogP contribution in [0.5, 0.6) is 0 Å². The van der Waals surface area contributed by atoms with E-state index >= 15 is 0 Å². The number of Topliss-reactive ketones (excluding diaryl/α,β-unsaturated/α-hetero) is 1. The summed E-state index contributed by atoms with van der Waals surface area (Å²) < 4.78 is 5.13. The molecule has 7 nitrogen and oxygen atoms in total. The summed E-state index contributed by atoms with van der Waals surface area (Å²) in [6, 6.07) is 20.9. The van der Waals surface area contributed by atoms with Crippen molar-refractivity contribution in [2.45, 2.75) is 33.1 Å². The van der Waals surface area contributed by atoms with Crippen LogP contribution < -0.4 is 10.2 Å². The van der Waals surface area contributed by atoms with Crippen LogP contribution in [0.15, 0.2) is 72.8 Å². The summed E-state index contributed by atoms with van der Waals surface area (Å²) >= 11 is 0. The highest BCUT2D eigenvalue weighted by atomic mass is 16.5. The summed E-state index contributed by atoms with van der Waals surface area (Å²) in [7, 11) is 0. The molecule has 1 N–H and O–H groups in total. The first-order chi connectivity index (χ1) is 17.9. The van der Waals surface area contributed by atoms with Crippen LogP contribution in [0.25, 0.3) is 0 Å². The van der Waals surface area contributed by atoms with E-state index in [9.17, 15) is 19.2 Å². The van der Waals surface area contributed by atoms with Crippen LogP contribution >= 0.6 is 0 Å². The van der Waals surface area contributed by atoms with Crippen LogP contribution in [0.3, 0.4) is 0 Å². The minimum absolute atomic E-state index is 0.0566. The predicted octanol–water partition coefficient (Wildman–Crippen LogP) is 4.84. The molecule has 190 valence electrons. The van der Waals surface area contributed by atoms with Crippen molar-refractivity contribution in [1.29, 1.82) is 0 Å². The van der Waals surface area contributed by atoms with Crippen LogP contribution in [0, 0.1) is 5.92 Å². The number of ketones is 1. The molecule has 37 heavy (non-hydrogen) atoms. The lowest BCUT2D eigenvalue weighted by molar-refractivity contribution is -0.122. The number of hydrogen-bond acceptors (Lipinski definition) is 5. The molecule has 2 amide bonds. The number of rotatable bonds is 9. The molecule has 0 unspecified atom stereocenters. The summed E-state index contributed by atoms with van der Waals surface area (Å²) in [6.45, 7) is 4.09. The van der Waals surface area contributed by atoms with E-state index < -0.39 is 11.9 Å². The van der Waals surface area contributed by atoms with Gasteiger partial charge in [0.05, 0.1) is 11.5 Å². The first-order valence-electron chi connectivity index (χ1n) is 12.5. The van der Waals surface area contributed by atoms with Gasteiger partial charge < -0.3 is 15.0 Å². The van der Waals surface area contributed by atoms with Crippen molar-refractivity contribution in [3.63, 3.8) is 0 Å². The molecule has 0 saturated carbocycles. The summed E-state index contributed by atoms with van der Waals surface area (Å²) in [5.41, 5.74) is 4.38. The molecule has 3 aromatic carbocycles. The zero-order valence-electron chi connectivity index (χ0n) is 21.0. The maximum atomic E-state index is 13.0. The molecule has 0 radical (unpaired) electrons. The third kappa shape index (κ3) is 5.94. The lowest BCUT2D eigenvalue weighted by Gasteiger charge is -2.23. The molecular weight excluding hydrogens is 468 g/mol. The van der Waals surface area contributed by atoms with Gasteiger partial charge in [0.15, 0.2) is 12.4 Å². The van der Waals surface area contributed by atoms with E-state index in [1.807, 2.05) is 18.2 Å². The van der Waals surface area contributed by atoms with E-state index in [4.69, 9.17) is 4.74 Å². The smallest absolute Gasteiger partial charge is 0.338 e. The molecule has 7 heteroatoms. The van der Waals surface area contributed by atoms with Gasteiger partial charge in [0.2, 0.25) is 11.8 Å². The van der Waals surface area contributed by atoms with Gasteiger partial charge in [-0.2, -0.15) is 0 Å². The molecular formula is C30H30N2O5. The molecule has 3 aromatic rings. The molecule has 1 aliphatic heterocycles. The average molecular weight is 499 g/mol. The van der Waals surface area contributed by atoms with Gasteiger partial charge >= 0.3 is 5.97 Å². The first kappa shape index (κ1) is 25.8. The highest BCUT2D eigenvalue weighted by Crippen LogP contribution is 2.32. The number of carbonyl (C=O) groups excluding carboxylic acids is 4. The Labute approximate surface area is 216 Å². The summed E-state index contributed by atoms with van der Waals surface area (Å²) in [5, 5.41) is 2.85. The molecule has 0 spiro atoms. The Morgan fingerprint density at radius 1 is 0.865 bits per heavy atom. The Hall–Kier alpha value is -4.26. The highest BCUT2D eigenvalue weighted by molar-refractivity contribution is 6.04. The second-order valence-corrected chi connectivity index (χ2v) is 8.97. The molecule has 0 aliphatic carbocycles. The number of amides is 2. The van der Waals surface area contributed by atoms with E-state index in [1.54, 1.807) is 47.4 Å². The third-order valence-electron chi connectivity index (χ3n) is 6.55. The number of nitrogens with zero attached hydrogens (tertiary/aromatic N) is 1. The average Bonchev–Trinajstić information content (AvgIpc) is 3.33. The van der Waals surface area contributed by atoms with Crippen LogP contribution in [0.4, 0.5) is 11.4 Å². The van der Waals surface area contributed by atoms with Crippen molar-refractivity contribution in [2.24, 2.45) is 5.92 Å². The van der Waals surface area contributed by atoms with E-state index in [0.717, 1.165) is 29.7 Å². The quantitative estimate of drug-likeness (QED) is 0.337. The monoisotopic (exact) mass is 498 g/mol. The summed E-state index contributed by atoms with van der Waals surface area (Å²) in [4.78, 5) is 52.0. The number of para-hydroxylation sites is 1. The number of aryl methyl sites for hydroxylation is 2. The van der Waals surface area contributed by atoms with Crippen molar-refractivity contribution in [3.05, 3.63) is 95.1 Å². The van der Waals surface area contributed by atoms with Crippen LogP contribution in [-0.2, 0) is 27.2 Å². The molecule has 4 rings (SSSR count). The number of esters is 1. The standard InChI is InChI=1S/C30H30N2O5/c1-3-20-11-8-12-21(4-2)28(20)32-18-24(17-27(32)34)29(35)31-25-15-13-23(14-16-25)30(36)37-19-26(33)22-9-6-5-7-10-22/h5-16,24H,3-4,17-19H2,1-2H3,(H,31,35)/t24-/m1/s1. The molecule has 0 bridgehead atoms. The van der Waals surface area contributed by atoms with E-state index in [-0.39, 0.29) is 36.2 Å². The van der Waals surface area contributed by atoms with Gasteiger partial charge in [0.25, 0.3) is 0 Å². The Morgan fingerprint density at radius 3 is 2.14 bits per heavy atom. The number of hydrogen-bond donors (Lipinski definition) is 1. The van der Waals surface area contributed by atoms with E-state index in [2.05, 4.69) is 19.2 Å². The normalized spacial score (nSPS) is 14.9. The SMILES string of the molecule is CCc1cccc(CC)c1N1C[C@H](C(=O)Nc2ccc(C(=O)OCC(=O)c3ccccc3)cc2)CC1=O. The first-order valence-corrected chi connectivity index (χ1v) is 12.5. The second kappa shape index (κ2) is 11.6. The number of nitrogens with one attached hydrogen (secondary N) is 1. The van der Waals surface area contributed by atoms with Crippen LogP contribution in [0.2, 0.25) is 0 Å². The number of benzene rings is 3. The topological polar surface area (TPSA) is 92.8 Å². The van der Waals surface area contributed by atoms with Gasteiger partial charge in [-0.05, 0) is 48.2 Å². The third-order valence-corrected chi connectivity index (χ3v) is 6.55. The maximum absolute atomic E-state index is 13.0. The Balaban J connectivity index is 1.35. The number of ether oxygens (including phenoxy) is 1. The molecule has 1 fully saturated rings. The highest BCUT2D eigenvalue weighted by Gasteiger charge is 2.36. The fourth-order valence-electron chi connectivity index (χ4n) is 4.52. The van der Waals surface area contributed by atoms with Crippen molar-refractivity contribution >= 4 is 34.9 Å². The van der Waals surface area contributed by atoms with E-state index in [1.165, 1.54) is 12.1 Å². The minimum Gasteiger partial charge on any atom is -0.454 e. The zero-order valence-corrected chi connectivity index (χ0v) is 21.0. The van der Waals surface area contributed by atoms with E-state index in [0.29, 0.717) is 17.8 Å². The van der Waals surface area contributed by atoms with Gasteiger partial charge in [0, 0.05) is 29.9 Å². The molecule has 1 saturated heterocycles.